The molecule has 3 aromatic rings. The fourth-order valence-corrected chi connectivity index (χ4v) is 5.22. The van der Waals surface area contributed by atoms with Crippen molar-refractivity contribution in [2.75, 3.05) is 29.2 Å². The first kappa shape index (κ1) is 21.2. The lowest BCUT2D eigenvalue weighted by molar-refractivity contribution is 0.0985. The van der Waals surface area contributed by atoms with Gasteiger partial charge in [-0.3, -0.25) is 14.6 Å². The van der Waals surface area contributed by atoms with E-state index in [0.717, 1.165) is 31.7 Å². The van der Waals surface area contributed by atoms with Crippen molar-refractivity contribution in [2.45, 2.75) is 24.9 Å². The summed E-state index contributed by atoms with van der Waals surface area (Å²) >= 11 is 7.50. The largest absolute Gasteiger partial charge is 0.324 e. The van der Waals surface area contributed by atoms with Crippen molar-refractivity contribution < 1.29 is 9.18 Å². The number of carbonyl (C=O) groups is 1. The minimum Gasteiger partial charge on any atom is -0.324 e. The van der Waals surface area contributed by atoms with E-state index >= 15 is 0 Å². The number of likely N-dealkylation sites (N-methyl/N-ethyl adjacent to an activating group) is 1. The van der Waals surface area contributed by atoms with Gasteiger partial charge in [-0.25, -0.2) is 14.4 Å². The molecule has 32 heavy (non-hydrogen) atoms. The van der Waals surface area contributed by atoms with Crippen LogP contribution in [0.25, 0.3) is 0 Å². The number of benzene rings is 2. The standard InChI is InChI=1S/C23H21ClFN5OS/c1-2-29-9-8-14-10-16(7-6-15(14)12-29)27-23-26-11-17-21(28-23)32-13-30(22(17)31)20-18(24)4-3-5-19(20)25/h3-7,10-11H,2,8-9,12-13H2,1H3,(H,26,27,28). The SMILES string of the molecule is CCN1CCc2cc(Nc3ncc4c(n3)SCN(c3c(F)cccc3Cl)C4=O)ccc2C1. The molecule has 0 radical (unpaired) electrons. The van der Waals surface area contributed by atoms with Gasteiger partial charge in [0.15, 0.2) is 0 Å². The third-order valence-electron chi connectivity index (χ3n) is 5.77. The first-order chi connectivity index (χ1) is 15.5. The smallest absolute Gasteiger partial charge is 0.263 e. The van der Waals surface area contributed by atoms with Crippen LogP contribution in [0.5, 0.6) is 0 Å². The first-order valence-corrected chi connectivity index (χ1v) is 11.8. The van der Waals surface area contributed by atoms with Crippen LogP contribution in [0.15, 0.2) is 47.6 Å². The molecule has 0 bridgehead atoms. The molecule has 6 nitrogen and oxygen atoms in total. The second-order valence-electron chi connectivity index (χ2n) is 7.72. The fourth-order valence-electron chi connectivity index (χ4n) is 4.01. The summed E-state index contributed by atoms with van der Waals surface area (Å²) in [6.45, 7) is 5.27. The molecule has 2 aromatic carbocycles. The molecule has 0 atom stereocenters. The van der Waals surface area contributed by atoms with Crippen molar-refractivity contribution in [3.63, 3.8) is 0 Å². The Morgan fingerprint density at radius 2 is 2.12 bits per heavy atom. The number of aromatic nitrogens is 2. The maximum absolute atomic E-state index is 14.3. The number of hydrogen-bond donors (Lipinski definition) is 1. The van der Waals surface area contributed by atoms with Crippen LogP contribution >= 0.6 is 23.4 Å². The van der Waals surface area contributed by atoms with Crippen LogP contribution in [0.3, 0.4) is 0 Å². The van der Waals surface area contributed by atoms with Gasteiger partial charge in [0, 0.05) is 25.0 Å². The molecule has 0 unspecified atom stereocenters. The number of nitrogens with one attached hydrogen (secondary N) is 1. The lowest BCUT2D eigenvalue weighted by Gasteiger charge is -2.28. The monoisotopic (exact) mass is 469 g/mol. The quantitative estimate of drug-likeness (QED) is 0.536. The maximum atomic E-state index is 14.3. The minimum atomic E-state index is -0.538. The van der Waals surface area contributed by atoms with Gasteiger partial charge >= 0.3 is 0 Å². The summed E-state index contributed by atoms with van der Waals surface area (Å²) < 4.78 is 14.3. The van der Waals surface area contributed by atoms with Gasteiger partial charge in [-0.05, 0) is 48.4 Å². The van der Waals surface area contributed by atoms with Crippen molar-refractivity contribution in [3.8, 4) is 0 Å². The summed E-state index contributed by atoms with van der Waals surface area (Å²) in [6, 6.07) is 10.7. The van der Waals surface area contributed by atoms with Crippen molar-refractivity contribution in [1.29, 1.82) is 0 Å². The number of anilines is 3. The van der Waals surface area contributed by atoms with Crippen LogP contribution < -0.4 is 10.2 Å². The summed E-state index contributed by atoms with van der Waals surface area (Å²) in [6.07, 6.45) is 2.50. The van der Waals surface area contributed by atoms with E-state index in [2.05, 4.69) is 39.2 Å². The van der Waals surface area contributed by atoms with Gasteiger partial charge in [0.1, 0.15) is 10.8 Å². The topological polar surface area (TPSA) is 61.4 Å². The van der Waals surface area contributed by atoms with Crippen LogP contribution in [0, 0.1) is 5.82 Å². The maximum Gasteiger partial charge on any atom is 0.263 e. The van der Waals surface area contributed by atoms with Crippen LogP contribution in [0.4, 0.5) is 21.7 Å². The first-order valence-electron chi connectivity index (χ1n) is 10.4. The average Bonchev–Trinajstić information content (AvgIpc) is 2.80. The predicted octanol–water partition coefficient (Wildman–Crippen LogP) is 5.10. The highest BCUT2D eigenvalue weighted by molar-refractivity contribution is 7.99. The number of nitrogens with zero attached hydrogens (tertiary/aromatic N) is 4. The zero-order valence-electron chi connectivity index (χ0n) is 17.4. The molecule has 1 aromatic heterocycles. The van der Waals surface area contributed by atoms with E-state index in [-0.39, 0.29) is 22.5 Å². The van der Waals surface area contributed by atoms with E-state index in [9.17, 15) is 9.18 Å². The third kappa shape index (κ3) is 3.94. The number of rotatable bonds is 4. The Balaban J connectivity index is 1.36. The Kier molecular flexibility index (Phi) is 5.75. The molecule has 0 aliphatic carbocycles. The lowest BCUT2D eigenvalue weighted by atomic mass is 9.99. The Morgan fingerprint density at radius 3 is 2.94 bits per heavy atom. The number of para-hydroxylation sites is 1. The van der Waals surface area contributed by atoms with Gasteiger partial charge in [0.05, 0.1) is 22.2 Å². The second kappa shape index (κ2) is 8.69. The normalized spacial score (nSPS) is 16.0. The van der Waals surface area contributed by atoms with Crippen LogP contribution in [-0.2, 0) is 13.0 Å². The highest BCUT2D eigenvalue weighted by atomic mass is 35.5. The van der Waals surface area contributed by atoms with E-state index < -0.39 is 5.82 Å². The predicted molar refractivity (Wildman–Crippen MR) is 125 cm³/mol. The number of hydrogen-bond acceptors (Lipinski definition) is 6. The van der Waals surface area contributed by atoms with Crippen LogP contribution in [0.1, 0.15) is 28.4 Å². The summed E-state index contributed by atoms with van der Waals surface area (Å²) in [5, 5.41) is 4.00. The van der Waals surface area contributed by atoms with Crippen molar-refractivity contribution in [2.24, 2.45) is 0 Å². The van der Waals surface area contributed by atoms with Gasteiger partial charge in [-0.15, -0.1) is 0 Å². The van der Waals surface area contributed by atoms with Gasteiger partial charge in [-0.1, -0.05) is 42.4 Å². The number of thioether (sulfide) groups is 1. The summed E-state index contributed by atoms with van der Waals surface area (Å²) in [7, 11) is 0. The van der Waals surface area contributed by atoms with Gasteiger partial charge in [-0.2, -0.15) is 0 Å². The highest BCUT2D eigenvalue weighted by Crippen LogP contribution is 2.37. The van der Waals surface area contributed by atoms with Crippen LogP contribution in [0.2, 0.25) is 5.02 Å². The van der Waals surface area contributed by atoms with Crippen molar-refractivity contribution in [3.05, 3.63) is 70.1 Å². The molecule has 164 valence electrons. The average molecular weight is 470 g/mol. The zero-order valence-corrected chi connectivity index (χ0v) is 19.0. The molecule has 1 N–H and O–H groups in total. The Hall–Kier alpha value is -2.68. The number of halogens is 2. The van der Waals surface area contributed by atoms with Gasteiger partial charge in [0.2, 0.25) is 5.95 Å². The molecular formula is C23H21ClFN5OS. The minimum absolute atomic E-state index is 0.0789. The third-order valence-corrected chi connectivity index (χ3v) is 7.05. The highest BCUT2D eigenvalue weighted by Gasteiger charge is 2.31. The van der Waals surface area contributed by atoms with E-state index in [1.165, 1.54) is 46.1 Å². The molecule has 9 heteroatoms. The molecule has 0 saturated heterocycles. The van der Waals surface area contributed by atoms with E-state index in [0.29, 0.717) is 16.5 Å². The van der Waals surface area contributed by atoms with Gasteiger partial charge < -0.3 is 5.32 Å². The molecule has 2 aliphatic rings. The second-order valence-corrected chi connectivity index (χ2v) is 9.06. The number of carbonyl (C=O) groups excluding carboxylic acids is 1. The number of fused-ring (bicyclic) bond motifs is 2. The van der Waals surface area contributed by atoms with E-state index in [1.807, 2.05) is 6.07 Å². The molecule has 0 saturated carbocycles. The summed E-state index contributed by atoms with van der Waals surface area (Å²) in [4.78, 5) is 25.6. The van der Waals surface area contributed by atoms with E-state index in [4.69, 9.17) is 11.6 Å². The fraction of sp³-hybridized carbons (Fsp3) is 0.261. The number of amides is 1. The Labute approximate surface area is 194 Å². The summed E-state index contributed by atoms with van der Waals surface area (Å²) in [5.74, 6) is -0.266. The molecular weight excluding hydrogens is 449 g/mol. The molecule has 3 heterocycles. The lowest BCUT2D eigenvalue weighted by Crippen LogP contribution is -2.35. The zero-order chi connectivity index (χ0) is 22.2. The van der Waals surface area contributed by atoms with Gasteiger partial charge in [0.25, 0.3) is 5.91 Å². The summed E-state index contributed by atoms with van der Waals surface area (Å²) in [5.41, 5.74) is 4.01. The van der Waals surface area contributed by atoms with Crippen molar-refractivity contribution >= 4 is 46.6 Å². The Bertz CT molecular complexity index is 1190. The molecule has 1 amide bonds. The molecule has 0 fully saturated rings. The molecule has 0 spiro atoms. The van der Waals surface area contributed by atoms with Crippen LogP contribution in [-0.4, -0.2) is 39.7 Å². The Morgan fingerprint density at radius 1 is 1.25 bits per heavy atom. The van der Waals surface area contributed by atoms with E-state index in [1.54, 1.807) is 6.07 Å². The molecule has 5 rings (SSSR count). The molecule has 2 aliphatic heterocycles. The van der Waals surface area contributed by atoms with Crippen molar-refractivity contribution in [1.82, 2.24) is 14.9 Å².